The van der Waals surface area contributed by atoms with Gasteiger partial charge in [-0.05, 0) is 42.8 Å². The Kier molecular flexibility index (Phi) is 6.00. The fourth-order valence-electron chi connectivity index (χ4n) is 3.63. The summed E-state index contributed by atoms with van der Waals surface area (Å²) >= 11 is 1.37. The summed E-state index contributed by atoms with van der Waals surface area (Å²) in [5, 5.41) is 10.2. The molecule has 5 nitrogen and oxygen atoms in total. The van der Waals surface area contributed by atoms with Crippen LogP contribution >= 0.6 is 11.8 Å². The predicted molar refractivity (Wildman–Crippen MR) is 123 cm³/mol. The average Bonchev–Trinajstić information content (AvgIpc) is 2.91. The Bertz CT molecular complexity index is 1280. The third-order valence-corrected chi connectivity index (χ3v) is 6.64. The van der Waals surface area contributed by atoms with E-state index >= 15 is 0 Å². The Balaban J connectivity index is 1.87. The van der Waals surface area contributed by atoms with Crippen molar-refractivity contribution in [1.29, 1.82) is 0 Å². The van der Waals surface area contributed by atoms with E-state index in [4.69, 9.17) is 4.42 Å². The van der Waals surface area contributed by atoms with Crippen molar-refractivity contribution in [3.63, 3.8) is 0 Å². The number of nitrogens with zero attached hydrogens (tertiary/aromatic N) is 2. The van der Waals surface area contributed by atoms with Gasteiger partial charge in [-0.25, -0.2) is 4.79 Å². The molecule has 3 aromatic rings. The summed E-state index contributed by atoms with van der Waals surface area (Å²) in [7, 11) is 3.85. The van der Waals surface area contributed by atoms with Gasteiger partial charge in [-0.1, -0.05) is 12.1 Å². The molecule has 9 heteroatoms. The molecule has 1 aliphatic rings. The Morgan fingerprint density at radius 2 is 1.82 bits per heavy atom. The van der Waals surface area contributed by atoms with E-state index in [1.165, 1.54) is 30.8 Å². The van der Waals surface area contributed by atoms with Crippen LogP contribution in [0.15, 0.2) is 67.6 Å². The number of hydrogen-bond acceptors (Lipinski definition) is 6. The van der Waals surface area contributed by atoms with Crippen LogP contribution in [0.4, 0.5) is 24.5 Å². The first-order valence-corrected chi connectivity index (χ1v) is 11.0. The molecule has 2 aromatic carbocycles. The Labute approximate surface area is 192 Å². The van der Waals surface area contributed by atoms with E-state index in [2.05, 4.69) is 4.99 Å². The number of halogens is 3. The molecule has 0 bridgehead atoms. The number of fused-ring (bicyclic) bond motifs is 1. The first-order chi connectivity index (χ1) is 15.5. The normalized spacial score (nSPS) is 16.1. The molecule has 0 fully saturated rings. The number of anilines is 1. The zero-order chi connectivity index (χ0) is 23.9. The van der Waals surface area contributed by atoms with Gasteiger partial charge in [-0.15, -0.1) is 11.8 Å². The molecule has 172 valence electrons. The molecular weight excluding hydrogens is 453 g/mol. The Hall–Kier alpha value is -3.20. The molecule has 0 aliphatic carbocycles. The van der Waals surface area contributed by atoms with Crippen molar-refractivity contribution in [2.24, 2.45) is 4.99 Å². The van der Waals surface area contributed by atoms with Crippen molar-refractivity contribution in [1.82, 2.24) is 0 Å². The molecule has 0 saturated carbocycles. The van der Waals surface area contributed by atoms with Gasteiger partial charge in [0, 0.05) is 42.4 Å². The van der Waals surface area contributed by atoms with E-state index in [0.29, 0.717) is 4.90 Å². The second-order valence-electron chi connectivity index (χ2n) is 7.94. The molecule has 1 N–H and O–H groups in total. The number of rotatable bonds is 3. The molecule has 1 atom stereocenters. The number of hydrogen-bond donors (Lipinski definition) is 1. The molecule has 1 aromatic heterocycles. The van der Waals surface area contributed by atoms with Crippen molar-refractivity contribution < 1.29 is 22.7 Å². The van der Waals surface area contributed by atoms with Crippen LogP contribution in [0, 0.1) is 6.92 Å². The first-order valence-electron chi connectivity index (χ1n) is 10.1. The number of benzene rings is 2. The summed E-state index contributed by atoms with van der Waals surface area (Å²) in [6.07, 6.45) is -4.32. The van der Waals surface area contributed by atoms with Gasteiger partial charge in [-0.2, -0.15) is 13.2 Å². The zero-order valence-corrected chi connectivity index (χ0v) is 18.9. The van der Waals surface area contributed by atoms with Crippen LogP contribution in [-0.4, -0.2) is 24.9 Å². The maximum absolute atomic E-state index is 13.3. The number of aryl methyl sites for hydroxylation is 1. The summed E-state index contributed by atoms with van der Waals surface area (Å²) in [6.45, 7) is 1.52. The topological polar surface area (TPSA) is 66.0 Å². The lowest BCUT2D eigenvalue weighted by molar-refractivity contribution is -0.137. The van der Waals surface area contributed by atoms with Crippen LogP contribution in [0.25, 0.3) is 0 Å². The van der Waals surface area contributed by atoms with Crippen molar-refractivity contribution in [2.75, 3.05) is 19.0 Å². The fraction of sp³-hybridized carbons (Fsp3) is 0.250. The summed E-state index contributed by atoms with van der Waals surface area (Å²) in [5.74, 6) is -0.0925. The van der Waals surface area contributed by atoms with Gasteiger partial charge in [0.25, 0.3) is 0 Å². The fourth-order valence-corrected chi connectivity index (χ4v) is 4.85. The summed E-state index contributed by atoms with van der Waals surface area (Å²) in [4.78, 5) is 19.5. The van der Waals surface area contributed by atoms with Gasteiger partial charge in [0.15, 0.2) is 0 Å². The predicted octanol–water partition coefficient (Wildman–Crippen LogP) is 6.10. The standard InChI is InChI=1S/C24H21F3N2O3S/c1-13-10-19(30)22(23(31)32-13)18-12-21(14-4-7-16(8-5-14)29(2)3)33-20-9-6-15(24(25,26)27)11-17(20)28-18/h4-11,21,30H,12H2,1-3H3/t21-/m1/s1. The lowest BCUT2D eigenvalue weighted by atomic mass is 10.0. The van der Waals surface area contributed by atoms with Gasteiger partial charge in [0.1, 0.15) is 17.1 Å². The van der Waals surface area contributed by atoms with E-state index in [1.807, 2.05) is 43.3 Å². The van der Waals surface area contributed by atoms with E-state index in [0.717, 1.165) is 23.4 Å². The minimum absolute atomic E-state index is 0.0941. The molecule has 0 spiro atoms. The van der Waals surface area contributed by atoms with Crippen LogP contribution in [0.1, 0.15) is 34.1 Å². The molecule has 4 rings (SSSR count). The van der Waals surface area contributed by atoms with Crippen molar-refractivity contribution in [2.45, 2.75) is 29.7 Å². The van der Waals surface area contributed by atoms with Gasteiger partial charge >= 0.3 is 11.8 Å². The largest absolute Gasteiger partial charge is 0.507 e. The third-order valence-electron chi connectivity index (χ3n) is 5.31. The number of thioether (sulfide) groups is 1. The van der Waals surface area contributed by atoms with Crippen LogP contribution in [0.5, 0.6) is 5.75 Å². The highest BCUT2D eigenvalue weighted by Gasteiger charge is 2.33. The van der Waals surface area contributed by atoms with Gasteiger partial charge in [0.2, 0.25) is 0 Å². The van der Waals surface area contributed by atoms with Crippen LogP contribution in [0.3, 0.4) is 0 Å². The minimum atomic E-state index is -4.53. The summed E-state index contributed by atoms with van der Waals surface area (Å²) in [6, 6.07) is 12.5. The molecule has 0 amide bonds. The van der Waals surface area contributed by atoms with Gasteiger partial charge < -0.3 is 14.4 Å². The molecule has 1 aliphatic heterocycles. The third kappa shape index (κ3) is 4.78. The highest BCUT2D eigenvalue weighted by molar-refractivity contribution is 7.99. The van der Waals surface area contributed by atoms with Crippen molar-refractivity contribution >= 4 is 28.8 Å². The van der Waals surface area contributed by atoms with E-state index in [9.17, 15) is 23.1 Å². The molecule has 2 heterocycles. The van der Waals surface area contributed by atoms with Gasteiger partial charge in [-0.3, -0.25) is 4.99 Å². The minimum Gasteiger partial charge on any atom is -0.507 e. The SMILES string of the molecule is Cc1cc(O)c(C2=Nc3cc(C(F)(F)F)ccc3S[C@@H](c3ccc(N(C)C)cc3)C2)c(=O)o1. The molecular formula is C24H21F3N2O3S. The van der Waals surface area contributed by atoms with Crippen LogP contribution in [0.2, 0.25) is 0 Å². The Morgan fingerprint density at radius 1 is 1.12 bits per heavy atom. The Morgan fingerprint density at radius 3 is 2.42 bits per heavy atom. The van der Waals surface area contributed by atoms with Gasteiger partial charge in [0.05, 0.1) is 17.0 Å². The first kappa shape index (κ1) is 23.0. The number of aliphatic imine (C=N–C) groups is 1. The lowest BCUT2D eigenvalue weighted by Crippen LogP contribution is -2.17. The summed E-state index contributed by atoms with van der Waals surface area (Å²) < 4.78 is 45.1. The van der Waals surface area contributed by atoms with Crippen LogP contribution < -0.4 is 10.5 Å². The van der Waals surface area contributed by atoms with Crippen molar-refractivity contribution in [3.05, 3.63) is 81.4 Å². The molecule has 0 unspecified atom stereocenters. The molecule has 0 radical (unpaired) electrons. The van der Waals surface area contributed by atoms with Crippen molar-refractivity contribution in [3.8, 4) is 5.75 Å². The van der Waals surface area contributed by atoms with Crippen LogP contribution in [-0.2, 0) is 6.18 Å². The highest BCUT2D eigenvalue weighted by Crippen LogP contribution is 2.47. The second-order valence-corrected chi connectivity index (χ2v) is 9.18. The maximum atomic E-state index is 13.3. The second kappa shape index (κ2) is 8.62. The van der Waals surface area contributed by atoms with E-state index < -0.39 is 17.4 Å². The number of alkyl halides is 3. The number of aromatic hydroxyl groups is 1. The lowest BCUT2D eigenvalue weighted by Gasteiger charge is -2.18. The highest BCUT2D eigenvalue weighted by atomic mass is 32.2. The summed E-state index contributed by atoms with van der Waals surface area (Å²) in [5.41, 5.74) is 0.430. The van der Waals surface area contributed by atoms with E-state index in [-0.39, 0.29) is 40.1 Å². The van der Waals surface area contributed by atoms with E-state index in [1.54, 1.807) is 0 Å². The monoisotopic (exact) mass is 474 g/mol. The maximum Gasteiger partial charge on any atom is 0.416 e. The smallest absolute Gasteiger partial charge is 0.416 e. The molecule has 33 heavy (non-hydrogen) atoms. The molecule has 0 saturated heterocycles. The quantitative estimate of drug-likeness (QED) is 0.497. The zero-order valence-electron chi connectivity index (χ0n) is 18.1. The average molecular weight is 475 g/mol.